The van der Waals surface area contributed by atoms with Gasteiger partial charge in [0.05, 0.1) is 17.6 Å². The minimum absolute atomic E-state index is 0.210. The van der Waals surface area contributed by atoms with Crippen LogP contribution in [0, 0.1) is 5.92 Å². The quantitative estimate of drug-likeness (QED) is 0.946. The summed E-state index contributed by atoms with van der Waals surface area (Å²) in [6.07, 6.45) is -0.210. The molecular formula is C16H22N4O2. The number of para-hydroxylation sites is 2. The van der Waals surface area contributed by atoms with Gasteiger partial charge in [-0.3, -0.25) is 0 Å². The average molecular weight is 302 g/mol. The predicted octanol–water partition coefficient (Wildman–Crippen LogP) is 2.48. The van der Waals surface area contributed by atoms with Crippen molar-refractivity contribution in [3.05, 3.63) is 24.3 Å². The van der Waals surface area contributed by atoms with E-state index < -0.39 is 0 Å². The number of carbonyl (C=O) groups is 1. The van der Waals surface area contributed by atoms with Crippen molar-refractivity contribution in [2.75, 3.05) is 37.7 Å². The maximum Gasteiger partial charge on any atom is 0.409 e. The molecule has 0 bridgehead atoms. The molecule has 1 fully saturated rings. The van der Waals surface area contributed by atoms with Crippen LogP contribution < -0.4 is 4.90 Å². The lowest BCUT2D eigenvalue weighted by atomic mass is 10.2. The number of benzene rings is 1. The summed E-state index contributed by atoms with van der Waals surface area (Å²) in [6.45, 7) is 7.39. The topological polar surface area (TPSA) is 61.5 Å². The molecule has 0 unspecified atom stereocenters. The molecule has 0 atom stereocenters. The summed E-state index contributed by atoms with van der Waals surface area (Å²) < 4.78 is 5.28. The number of carbonyl (C=O) groups excluding carboxylic acids is 1. The third-order valence-electron chi connectivity index (χ3n) is 3.75. The van der Waals surface area contributed by atoms with Gasteiger partial charge in [0.15, 0.2) is 0 Å². The second kappa shape index (κ2) is 6.25. The first-order valence-electron chi connectivity index (χ1n) is 7.75. The highest BCUT2D eigenvalue weighted by molar-refractivity contribution is 5.77. The van der Waals surface area contributed by atoms with Crippen molar-refractivity contribution in [1.29, 1.82) is 0 Å². The average Bonchev–Trinajstić information content (AvgIpc) is 2.96. The molecule has 1 amide bonds. The Balaban J connectivity index is 1.58. The van der Waals surface area contributed by atoms with Gasteiger partial charge >= 0.3 is 6.09 Å². The number of anilines is 1. The van der Waals surface area contributed by atoms with Crippen LogP contribution in [-0.2, 0) is 4.74 Å². The van der Waals surface area contributed by atoms with Crippen LogP contribution in [0.2, 0.25) is 0 Å². The fourth-order valence-corrected chi connectivity index (χ4v) is 2.52. The first-order valence-corrected chi connectivity index (χ1v) is 7.75. The summed E-state index contributed by atoms with van der Waals surface area (Å²) in [7, 11) is 0. The molecule has 0 spiro atoms. The number of amides is 1. The third-order valence-corrected chi connectivity index (χ3v) is 3.75. The van der Waals surface area contributed by atoms with Crippen LogP contribution in [-0.4, -0.2) is 53.7 Å². The third kappa shape index (κ3) is 3.16. The Morgan fingerprint density at radius 3 is 2.68 bits per heavy atom. The van der Waals surface area contributed by atoms with E-state index >= 15 is 0 Å². The van der Waals surface area contributed by atoms with E-state index in [4.69, 9.17) is 4.74 Å². The van der Waals surface area contributed by atoms with Crippen LogP contribution in [0.3, 0.4) is 0 Å². The number of hydrogen-bond acceptors (Lipinski definition) is 4. The summed E-state index contributed by atoms with van der Waals surface area (Å²) in [5.41, 5.74) is 2.01. The zero-order chi connectivity index (χ0) is 15.5. The maximum absolute atomic E-state index is 11.9. The number of piperazine rings is 1. The number of hydrogen-bond donors (Lipinski definition) is 1. The Hall–Kier alpha value is -2.24. The molecule has 22 heavy (non-hydrogen) atoms. The number of fused-ring (bicyclic) bond motifs is 1. The van der Waals surface area contributed by atoms with E-state index in [2.05, 4.69) is 14.9 Å². The smallest absolute Gasteiger partial charge is 0.409 e. The van der Waals surface area contributed by atoms with E-state index in [9.17, 15) is 4.79 Å². The van der Waals surface area contributed by atoms with Crippen LogP contribution in [0.25, 0.3) is 11.0 Å². The van der Waals surface area contributed by atoms with Gasteiger partial charge in [-0.25, -0.2) is 9.78 Å². The van der Waals surface area contributed by atoms with E-state index in [1.807, 2.05) is 38.1 Å². The molecule has 2 aromatic rings. The molecule has 1 aliphatic rings. The largest absolute Gasteiger partial charge is 0.449 e. The monoisotopic (exact) mass is 302 g/mol. The van der Waals surface area contributed by atoms with Gasteiger partial charge in [0.25, 0.3) is 0 Å². The van der Waals surface area contributed by atoms with Crippen molar-refractivity contribution in [3.63, 3.8) is 0 Å². The van der Waals surface area contributed by atoms with Gasteiger partial charge in [-0.1, -0.05) is 26.0 Å². The van der Waals surface area contributed by atoms with Crippen LogP contribution in [0.5, 0.6) is 0 Å². The van der Waals surface area contributed by atoms with Crippen molar-refractivity contribution >= 4 is 23.1 Å². The molecule has 1 aromatic carbocycles. The lowest BCUT2D eigenvalue weighted by Crippen LogP contribution is -2.49. The molecular weight excluding hydrogens is 280 g/mol. The van der Waals surface area contributed by atoms with E-state index in [1.165, 1.54) is 0 Å². The molecule has 118 valence electrons. The zero-order valence-corrected chi connectivity index (χ0v) is 13.1. The SMILES string of the molecule is CC(C)COC(=O)N1CCN(c2nc3ccccc3[nH]2)CC1. The number of aromatic nitrogens is 2. The number of rotatable bonds is 3. The molecule has 2 heterocycles. The highest BCUT2D eigenvalue weighted by atomic mass is 16.6. The number of H-pyrrole nitrogens is 1. The van der Waals surface area contributed by atoms with Gasteiger partial charge < -0.3 is 19.5 Å². The summed E-state index contributed by atoms with van der Waals surface area (Å²) in [5, 5.41) is 0. The zero-order valence-electron chi connectivity index (χ0n) is 13.1. The van der Waals surface area contributed by atoms with Crippen molar-refractivity contribution < 1.29 is 9.53 Å². The van der Waals surface area contributed by atoms with Crippen LogP contribution >= 0.6 is 0 Å². The van der Waals surface area contributed by atoms with Gasteiger partial charge in [0.2, 0.25) is 5.95 Å². The molecule has 0 radical (unpaired) electrons. The van der Waals surface area contributed by atoms with Crippen molar-refractivity contribution in [1.82, 2.24) is 14.9 Å². The Labute approximate surface area is 130 Å². The van der Waals surface area contributed by atoms with Gasteiger partial charge in [-0.15, -0.1) is 0 Å². The number of ether oxygens (including phenoxy) is 1. The first-order chi connectivity index (χ1) is 10.6. The fourth-order valence-electron chi connectivity index (χ4n) is 2.52. The van der Waals surface area contributed by atoms with E-state index in [1.54, 1.807) is 4.90 Å². The van der Waals surface area contributed by atoms with Crippen LogP contribution in [0.4, 0.5) is 10.7 Å². The molecule has 0 aliphatic carbocycles. The minimum Gasteiger partial charge on any atom is -0.449 e. The summed E-state index contributed by atoms with van der Waals surface area (Å²) in [6, 6.07) is 7.99. The van der Waals surface area contributed by atoms with Crippen molar-refractivity contribution in [3.8, 4) is 0 Å². The first kappa shape index (κ1) is 14.7. The molecule has 0 saturated carbocycles. The predicted molar refractivity (Wildman–Crippen MR) is 86.1 cm³/mol. The maximum atomic E-state index is 11.9. The van der Waals surface area contributed by atoms with Gasteiger partial charge in [-0.2, -0.15) is 0 Å². The van der Waals surface area contributed by atoms with Crippen molar-refractivity contribution in [2.24, 2.45) is 5.92 Å². The number of nitrogens with zero attached hydrogens (tertiary/aromatic N) is 3. The highest BCUT2D eigenvalue weighted by Crippen LogP contribution is 2.18. The summed E-state index contributed by atoms with van der Waals surface area (Å²) >= 11 is 0. The fraction of sp³-hybridized carbons (Fsp3) is 0.500. The standard InChI is InChI=1S/C16H22N4O2/c1-12(2)11-22-16(21)20-9-7-19(8-10-20)15-17-13-5-3-4-6-14(13)18-15/h3-6,12H,7-11H2,1-2H3,(H,17,18). The van der Waals surface area contributed by atoms with Gasteiger partial charge in [0.1, 0.15) is 0 Å². The van der Waals surface area contributed by atoms with Gasteiger partial charge in [0, 0.05) is 26.2 Å². The number of imidazole rings is 1. The normalized spacial score (nSPS) is 15.6. The molecule has 1 aliphatic heterocycles. The molecule has 1 N–H and O–H groups in total. The second-order valence-corrected chi connectivity index (χ2v) is 6.02. The van der Waals surface area contributed by atoms with Crippen LogP contribution in [0.1, 0.15) is 13.8 Å². The minimum atomic E-state index is -0.210. The lowest BCUT2D eigenvalue weighted by Gasteiger charge is -2.34. The molecule has 6 heteroatoms. The van der Waals surface area contributed by atoms with E-state index in [0.717, 1.165) is 30.1 Å². The van der Waals surface area contributed by atoms with Gasteiger partial charge in [-0.05, 0) is 18.1 Å². The Morgan fingerprint density at radius 2 is 2.00 bits per heavy atom. The Bertz CT molecular complexity index is 611. The molecule has 6 nitrogen and oxygen atoms in total. The molecule has 1 saturated heterocycles. The van der Waals surface area contributed by atoms with E-state index in [0.29, 0.717) is 25.6 Å². The second-order valence-electron chi connectivity index (χ2n) is 6.02. The molecule has 3 rings (SSSR count). The lowest BCUT2D eigenvalue weighted by molar-refractivity contribution is 0.0900. The molecule has 1 aromatic heterocycles. The van der Waals surface area contributed by atoms with E-state index in [-0.39, 0.29) is 6.09 Å². The number of aromatic amines is 1. The Kier molecular flexibility index (Phi) is 4.18. The number of nitrogens with one attached hydrogen (secondary N) is 1. The van der Waals surface area contributed by atoms with Crippen LogP contribution in [0.15, 0.2) is 24.3 Å². The van der Waals surface area contributed by atoms with Crippen molar-refractivity contribution in [2.45, 2.75) is 13.8 Å². The summed E-state index contributed by atoms with van der Waals surface area (Å²) in [4.78, 5) is 23.8. The Morgan fingerprint density at radius 1 is 1.27 bits per heavy atom. The highest BCUT2D eigenvalue weighted by Gasteiger charge is 2.23. The summed E-state index contributed by atoms with van der Waals surface area (Å²) in [5.74, 6) is 1.23.